The minimum atomic E-state index is -0.523. The van der Waals surface area contributed by atoms with E-state index in [2.05, 4.69) is 5.32 Å². The molecule has 0 fully saturated rings. The van der Waals surface area contributed by atoms with Crippen molar-refractivity contribution in [1.82, 2.24) is 0 Å². The molecule has 6 heteroatoms. The Morgan fingerprint density at radius 2 is 1.81 bits per heavy atom. The molecular weight excluding hydrogens is 337 g/mol. The smallest absolute Gasteiger partial charge is 0.291 e. The Labute approximate surface area is 150 Å². The second kappa shape index (κ2) is 7.74. The lowest BCUT2D eigenvalue weighted by Crippen LogP contribution is -2.12. The maximum atomic E-state index is 13.7. The molecule has 0 bridgehead atoms. The number of aryl methyl sites for hydroxylation is 1. The number of amides is 1. The van der Waals surface area contributed by atoms with E-state index in [4.69, 9.17) is 13.9 Å². The number of anilines is 1. The van der Waals surface area contributed by atoms with Gasteiger partial charge in [-0.3, -0.25) is 4.79 Å². The van der Waals surface area contributed by atoms with E-state index in [1.807, 2.05) is 6.92 Å². The lowest BCUT2D eigenvalue weighted by atomic mass is 10.2. The summed E-state index contributed by atoms with van der Waals surface area (Å²) in [6.07, 6.45) is 0. The number of ether oxygens (including phenoxy) is 2. The topological polar surface area (TPSA) is 60.7 Å². The van der Waals surface area contributed by atoms with Crippen molar-refractivity contribution < 1.29 is 23.1 Å². The first kappa shape index (κ1) is 17.5. The van der Waals surface area contributed by atoms with Gasteiger partial charge in [-0.25, -0.2) is 4.39 Å². The van der Waals surface area contributed by atoms with Crippen molar-refractivity contribution >= 4 is 11.6 Å². The van der Waals surface area contributed by atoms with E-state index in [1.54, 1.807) is 49.6 Å². The molecule has 0 spiro atoms. The van der Waals surface area contributed by atoms with Gasteiger partial charge in [0.2, 0.25) is 0 Å². The van der Waals surface area contributed by atoms with Crippen molar-refractivity contribution in [2.75, 3.05) is 12.4 Å². The molecule has 0 unspecified atom stereocenters. The molecule has 26 heavy (non-hydrogen) atoms. The molecule has 3 aromatic rings. The van der Waals surface area contributed by atoms with Crippen LogP contribution in [0.3, 0.4) is 0 Å². The molecule has 1 heterocycles. The highest BCUT2D eigenvalue weighted by atomic mass is 19.1. The van der Waals surface area contributed by atoms with Crippen LogP contribution in [0.4, 0.5) is 10.1 Å². The van der Waals surface area contributed by atoms with E-state index in [-0.39, 0.29) is 18.1 Å². The van der Waals surface area contributed by atoms with Crippen LogP contribution in [0.15, 0.2) is 59.0 Å². The molecule has 0 saturated heterocycles. The van der Waals surface area contributed by atoms with Gasteiger partial charge in [-0.15, -0.1) is 0 Å². The molecule has 5 nitrogen and oxygen atoms in total. The van der Waals surface area contributed by atoms with Crippen molar-refractivity contribution in [3.05, 3.63) is 77.5 Å². The molecule has 1 aromatic heterocycles. The van der Waals surface area contributed by atoms with E-state index in [0.717, 1.165) is 11.3 Å². The van der Waals surface area contributed by atoms with Gasteiger partial charge >= 0.3 is 0 Å². The molecule has 0 atom stereocenters. The lowest BCUT2D eigenvalue weighted by molar-refractivity contribution is 0.0992. The highest BCUT2D eigenvalue weighted by molar-refractivity contribution is 6.02. The number of hydrogen-bond acceptors (Lipinski definition) is 4. The van der Waals surface area contributed by atoms with Crippen LogP contribution in [-0.4, -0.2) is 13.0 Å². The highest BCUT2D eigenvalue weighted by Gasteiger charge is 2.14. The highest BCUT2D eigenvalue weighted by Crippen LogP contribution is 2.20. The number of carbonyl (C=O) groups excluding carboxylic acids is 1. The molecule has 3 rings (SSSR count). The number of hydrogen-bond donors (Lipinski definition) is 1. The molecular formula is C20H18FNO4. The second-order valence-electron chi connectivity index (χ2n) is 5.67. The molecule has 1 amide bonds. The molecule has 1 N–H and O–H groups in total. The quantitative estimate of drug-likeness (QED) is 0.704. The molecule has 0 saturated carbocycles. The summed E-state index contributed by atoms with van der Waals surface area (Å²) in [6.45, 7) is 1.98. The van der Waals surface area contributed by atoms with Crippen LogP contribution in [0.2, 0.25) is 0 Å². The molecule has 134 valence electrons. The zero-order valence-corrected chi connectivity index (χ0v) is 14.4. The van der Waals surface area contributed by atoms with E-state index < -0.39 is 11.7 Å². The summed E-state index contributed by atoms with van der Waals surface area (Å²) < 4.78 is 29.9. The van der Waals surface area contributed by atoms with Gasteiger partial charge in [-0.1, -0.05) is 6.07 Å². The van der Waals surface area contributed by atoms with Gasteiger partial charge < -0.3 is 19.2 Å². The number of rotatable bonds is 6. The molecule has 0 aliphatic rings. The second-order valence-corrected chi connectivity index (χ2v) is 5.67. The third-order valence-electron chi connectivity index (χ3n) is 3.70. The Kier molecular flexibility index (Phi) is 5.22. The molecule has 0 radical (unpaired) electrons. The van der Waals surface area contributed by atoms with Gasteiger partial charge in [0.1, 0.15) is 29.7 Å². The third-order valence-corrected chi connectivity index (χ3v) is 3.70. The maximum absolute atomic E-state index is 13.7. The number of benzene rings is 2. The van der Waals surface area contributed by atoms with E-state index >= 15 is 0 Å². The van der Waals surface area contributed by atoms with Gasteiger partial charge in [0.25, 0.3) is 5.91 Å². The van der Waals surface area contributed by atoms with Crippen LogP contribution < -0.4 is 14.8 Å². The number of nitrogens with one attached hydrogen (secondary N) is 1. The molecule has 0 aliphatic heterocycles. The van der Waals surface area contributed by atoms with Crippen LogP contribution in [0.1, 0.15) is 21.9 Å². The first-order valence-corrected chi connectivity index (χ1v) is 7.98. The Balaban J connectivity index is 1.61. The fourth-order valence-corrected chi connectivity index (χ4v) is 2.32. The van der Waals surface area contributed by atoms with Crippen LogP contribution in [-0.2, 0) is 6.61 Å². The van der Waals surface area contributed by atoms with Gasteiger partial charge in [0, 0.05) is 0 Å². The largest absolute Gasteiger partial charge is 0.497 e. The van der Waals surface area contributed by atoms with Crippen molar-refractivity contribution in [2.45, 2.75) is 13.5 Å². The first-order valence-electron chi connectivity index (χ1n) is 7.98. The lowest BCUT2D eigenvalue weighted by Gasteiger charge is -2.06. The molecule has 0 aliphatic carbocycles. The van der Waals surface area contributed by atoms with Crippen molar-refractivity contribution in [3.8, 4) is 11.5 Å². The minimum absolute atomic E-state index is 0.0826. The number of furan rings is 1. The summed E-state index contributed by atoms with van der Waals surface area (Å²) in [6, 6.07) is 14.8. The van der Waals surface area contributed by atoms with Crippen molar-refractivity contribution in [3.63, 3.8) is 0 Å². The fourth-order valence-electron chi connectivity index (χ4n) is 2.32. The summed E-state index contributed by atoms with van der Waals surface area (Å²) in [5.41, 5.74) is 0.956. The Morgan fingerprint density at radius 1 is 1.08 bits per heavy atom. The van der Waals surface area contributed by atoms with Crippen LogP contribution in [0, 0.1) is 12.7 Å². The van der Waals surface area contributed by atoms with Gasteiger partial charge in [-0.05, 0) is 61.0 Å². The SMILES string of the molecule is COc1ccc(OCc2ccc(C(=O)Nc3cc(C)ccc3F)o2)cc1. The Bertz CT molecular complexity index is 902. The van der Waals surface area contributed by atoms with E-state index in [9.17, 15) is 9.18 Å². The summed E-state index contributed by atoms with van der Waals surface area (Å²) in [4.78, 5) is 12.2. The average Bonchev–Trinajstić information content (AvgIpc) is 3.12. The number of methoxy groups -OCH3 is 1. The first-order chi connectivity index (χ1) is 12.5. The Morgan fingerprint density at radius 3 is 2.54 bits per heavy atom. The summed E-state index contributed by atoms with van der Waals surface area (Å²) in [7, 11) is 1.59. The predicted octanol–water partition coefficient (Wildman–Crippen LogP) is 4.57. The Hall–Kier alpha value is -3.28. The normalized spacial score (nSPS) is 10.4. The van der Waals surface area contributed by atoms with E-state index in [0.29, 0.717) is 11.5 Å². The number of carbonyl (C=O) groups is 1. The summed E-state index contributed by atoms with van der Waals surface area (Å²) in [5.74, 6) is 0.923. The average molecular weight is 355 g/mol. The zero-order chi connectivity index (χ0) is 18.5. The zero-order valence-electron chi connectivity index (χ0n) is 14.4. The standard InChI is InChI=1S/C20H18FNO4/c1-13-3-9-17(21)18(11-13)22-20(23)19-10-8-16(26-19)12-25-15-6-4-14(24-2)5-7-15/h3-11H,12H2,1-2H3,(H,22,23). The van der Waals surface area contributed by atoms with Gasteiger partial charge in [-0.2, -0.15) is 0 Å². The summed E-state index contributed by atoms with van der Waals surface area (Å²) in [5, 5.41) is 2.50. The number of halogens is 1. The van der Waals surface area contributed by atoms with Crippen LogP contribution in [0.5, 0.6) is 11.5 Å². The molecule has 2 aromatic carbocycles. The monoisotopic (exact) mass is 355 g/mol. The maximum Gasteiger partial charge on any atom is 0.291 e. The van der Waals surface area contributed by atoms with Crippen LogP contribution >= 0.6 is 0 Å². The summed E-state index contributed by atoms with van der Waals surface area (Å²) >= 11 is 0. The van der Waals surface area contributed by atoms with Crippen molar-refractivity contribution in [2.24, 2.45) is 0 Å². The predicted molar refractivity (Wildman–Crippen MR) is 95.1 cm³/mol. The fraction of sp³-hybridized carbons (Fsp3) is 0.150. The van der Waals surface area contributed by atoms with Crippen LogP contribution in [0.25, 0.3) is 0 Å². The van der Waals surface area contributed by atoms with Gasteiger partial charge in [0.05, 0.1) is 12.8 Å². The van der Waals surface area contributed by atoms with E-state index in [1.165, 1.54) is 12.1 Å². The third kappa shape index (κ3) is 4.22. The minimum Gasteiger partial charge on any atom is -0.497 e. The van der Waals surface area contributed by atoms with Crippen molar-refractivity contribution in [1.29, 1.82) is 0 Å². The van der Waals surface area contributed by atoms with Gasteiger partial charge in [0.15, 0.2) is 5.76 Å².